The number of alkyl halides is 2. The van der Waals surface area contributed by atoms with Crippen LogP contribution < -0.4 is 0 Å². The lowest BCUT2D eigenvalue weighted by Crippen LogP contribution is -2.00. The Morgan fingerprint density at radius 2 is 1.95 bits per heavy atom. The Labute approximate surface area is 124 Å². The van der Waals surface area contributed by atoms with E-state index < -0.39 is 4.92 Å². The van der Waals surface area contributed by atoms with Gasteiger partial charge in [-0.25, -0.2) is 0 Å². The Morgan fingerprint density at radius 1 is 1.30 bits per heavy atom. The third-order valence-electron chi connectivity index (χ3n) is 2.41. The standard InChI is InChI=1S/C11H9Cl2N5O2/c12-5-10-15-16-11(6-13)17(10)14-7-8-2-1-3-9(4-8)18(19)20/h1-4,7H,5-6H2/b14-7-. The Hall–Kier alpha value is -1.99. The SMILES string of the molecule is O=[N+]([O-])c1cccc(/C=N\n2c(CCl)nnc2CCl)c1. The van der Waals surface area contributed by atoms with Crippen molar-refractivity contribution in [3.05, 3.63) is 51.6 Å². The molecule has 2 aromatic rings. The van der Waals surface area contributed by atoms with Crippen molar-refractivity contribution in [1.82, 2.24) is 14.9 Å². The van der Waals surface area contributed by atoms with Crippen LogP contribution >= 0.6 is 23.2 Å². The molecular formula is C11H9Cl2N5O2. The van der Waals surface area contributed by atoms with Crippen LogP contribution in [0.4, 0.5) is 5.69 Å². The molecule has 0 radical (unpaired) electrons. The highest BCUT2D eigenvalue weighted by molar-refractivity contribution is 6.17. The quantitative estimate of drug-likeness (QED) is 0.367. The van der Waals surface area contributed by atoms with Crippen LogP contribution in [0.1, 0.15) is 17.2 Å². The second-order valence-electron chi connectivity index (χ2n) is 3.71. The predicted molar refractivity (Wildman–Crippen MR) is 75.2 cm³/mol. The van der Waals surface area contributed by atoms with E-state index in [9.17, 15) is 10.1 Å². The summed E-state index contributed by atoms with van der Waals surface area (Å²) in [6.45, 7) is 0. The number of aromatic nitrogens is 3. The van der Waals surface area contributed by atoms with Gasteiger partial charge in [-0.15, -0.1) is 33.4 Å². The maximum absolute atomic E-state index is 10.7. The maximum Gasteiger partial charge on any atom is 0.270 e. The van der Waals surface area contributed by atoms with E-state index in [1.54, 1.807) is 12.1 Å². The number of halogens is 2. The molecule has 0 saturated carbocycles. The molecule has 0 spiro atoms. The molecule has 0 fully saturated rings. The van der Waals surface area contributed by atoms with Crippen LogP contribution in [0, 0.1) is 10.1 Å². The number of nitro groups is 1. The summed E-state index contributed by atoms with van der Waals surface area (Å²) in [6, 6.07) is 6.09. The lowest BCUT2D eigenvalue weighted by Gasteiger charge is -2.00. The van der Waals surface area contributed by atoms with Crippen LogP contribution in [-0.4, -0.2) is 26.0 Å². The zero-order chi connectivity index (χ0) is 14.5. The molecule has 0 aliphatic carbocycles. The summed E-state index contributed by atoms with van der Waals surface area (Å²) in [5, 5.41) is 22.5. The highest BCUT2D eigenvalue weighted by Gasteiger charge is 2.09. The number of nitrogens with zero attached hydrogens (tertiary/aromatic N) is 5. The van der Waals surface area contributed by atoms with E-state index in [-0.39, 0.29) is 17.4 Å². The van der Waals surface area contributed by atoms with Crippen LogP contribution in [0.2, 0.25) is 0 Å². The van der Waals surface area contributed by atoms with Gasteiger partial charge in [0.05, 0.1) is 22.9 Å². The van der Waals surface area contributed by atoms with E-state index in [0.717, 1.165) is 0 Å². The van der Waals surface area contributed by atoms with Gasteiger partial charge in [0.15, 0.2) is 11.6 Å². The number of hydrogen-bond acceptors (Lipinski definition) is 5. The molecule has 0 bridgehead atoms. The molecule has 0 atom stereocenters. The number of nitro benzene ring substituents is 1. The van der Waals surface area contributed by atoms with Crippen LogP contribution in [-0.2, 0) is 11.8 Å². The monoisotopic (exact) mass is 313 g/mol. The van der Waals surface area contributed by atoms with Crippen molar-refractivity contribution < 1.29 is 4.92 Å². The summed E-state index contributed by atoms with van der Waals surface area (Å²) in [4.78, 5) is 10.2. The molecule has 0 saturated heterocycles. The number of benzene rings is 1. The molecule has 0 N–H and O–H groups in total. The molecule has 104 valence electrons. The van der Waals surface area contributed by atoms with Gasteiger partial charge in [-0.05, 0) is 0 Å². The first-order chi connectivity index (χ1) is 9.65. The second kappa shape index (κ2) is 6.44. The lowest BCUT2D eigenvalue weighted by molar-refractivity contribution is -0.384. The molecule has 1 aromatic heterocycles. The fourth-order valence-electron chi connectivity index (χ4n) is 1.49. The number of non-ortho nitro benzene ring substituents is 1. The molecule has 0 unspecified atom stereocenters. The third-order valence-corrected chi connectivity index (χ3v) is 2.89. The molecular weight excluding hydrogens is 305 g/mol. The van der Waals surface area contributed by atoms with Gasteiger partial charge >= 0.3 is 0 Å². The van der Waals surface area contributed by atoms with Crippen LogP contribution in [0.3, 0.4) is 0 Å². The van der Waals surface area contributed by atoms with Gasteiger partial charge < -0.3 is 0 Å². The Kier molecular flexibility index (Phi) is 4.65. The van der Waals surface area contributed by atoms with Crippen LogP contribution in [0.25, 0.3) is 0 Å². The molecule has 2 rings (SSSR count). The smallest absolute Gasteiger partial charge is 0.258 e. The lowest BCUT2D eigenvalue weighted by atomic mass is 10.2. The largest absolute Gasteiger partial charge is 0.270 e. The minimum Gasteiger partial charge on any atom is -0.258 e. The van der Waals surface area contributed by atoms with Crippen LogP contribution in [0.15, 0.2) is 29.4 Å². The predicted octanol–water partition coefficient (Wildman–Crippen LogP) is 2.55. The van der Waals surface area contributed by atoms with Crippen molar-refractivity contribution in [3.63, 3.8) is 0 Å². The average molecular weight is 314 g/mol. The fraction of sp³-hybridized carbons (Fsp3) is 0.182. The minimum absolute atomic E-state index is 0.00663. The van der Waals surface area contributed by atoms with Crippen LogP contribution in [0.5, 0.6) is 0 Å². The van der Waals surface area contributed by atoms with Crippen molar-refractivity contribution in [1.29, 1.82) is 0 Å². The highest BCUT2D eigenvalue weighted by atomic mass is 35.5. The summed E-state index contributed by atoms with van der Waals surface area (Å²) in [7, 11) is 0. The summed E-state index contributed by atoms with van der Waals surface area (Å²) in [5.74, 6) is 1.17. The topological polar surface area (TPSA) is 86.2 Å². The van der Waals surface area contributed by atoms with E-state index in [4.69, 9.17) is 23.2 Å². The van der Waals surface area contributed by atoms with E-state index >= 15 is 0 Å². The normalized spacial score (nSPS) is 11.1. The van der Waals surface area contributed by atoms with Crippen molar-refractivity contribution in [2.45, 2.75) is 11.8 Å². The molecule has 9 heteroatoms. The van der Waals surface area contributed by atoms with Crippen molar-refractivity contribution in [2.24, 2.45) is 5.10 Å². The number of rotatable bonds is 5. The summed E-state index contributed by atoms with van der Waals surface area (Å²) in [5.41, 5.74) is 0.571. The van der Waals surface area contributed by atoms with Gasteiger partial charge in [0.2, 0.25) is 0 Å². The van der Waals surface area contributed by atoms with Gasteiger partial charge in [0, 0.05) is 17.7 Å². The Morgan fingerprint density at radius 3 is 2.50 bits per heavy atom. The first-order valence-corrected chi connectivity index (χ1v) is 6.56. The molecule has 0 aliphatic heterocycles. The summed E-state index contributed by atoms with van der Waals surface area (Å²) in [6.07, 6.45) is 1.46. The minimum atomic E-state index is -0.468. The molecule has 7 nitrogen and oxygen atoms in total. The summed E-state index contributed by atoms with van der Waals surface area (Å²) < 4.78 is 1.42. The molecule has 20 heavy (non-hydrogen) atoms. The van der Waals surface area contributed by atoms with Gasteiger partial charge in [-0.1, -0.05) is 12.1 Å². The average Bonchev–Trinajstić information content (AvgIpc) is 2.87. The molecule has 0 amide bonds. The second-order valence-corrected chi connectivity index (χ2v) is 4.24. The number of hydrogen-bond donors (Lipinski definition) is 0. The molecule has 1 aromatic carbocycles. The molecule has 1 heterocycles. The van der Waals surface area contributed by atoms with Gasteiger partial charge in [0.1, 0.15) is 0 Å². The van der Waals surface area contributed by atoms with Gasteiger partial charge in [-0.2, -0.15) is 9.78 Å². The van der Waals surface area contributed by atoms with E-state index in [1.165, 1.54) is 23.0 Å². The Balaban J connectivity index is 2.31. The van der Waals surface area contributed by atoms with Crippen molar-refractivity contribution >= 4 is 35.1 Å². The molecule has 0 aliphatic rings. The van der Waals surface area contributed by atoms with Crippen molar-refractivity contribution in [2.75, 3.05) is 0 Å². The maximum atomic E-state index is 10.7. The fourth-order valence-corrected chi connectivity index (χ4v) is 1.83. The van der Waals surface area contributed by atoms with Gasteiger partial charge in [-0.3, -0.25) is 10.1 Å². The van der Waals surface area contributed by atoms with E-state index in [1.807, 2.05) is 0 Å². The zero-order valence-electron chi connectivity index (χ0n) is 10.1. The van der Waals surface area contributed by atoms with Gasteiger partial charge in [0.25, 0.3) is 5.69 Å². The summed E-state index contributed by atoms with van der Waals surface area (Å²) >= 11 is 11.4. The highest BCUT2D eigenvalue weighted by Crippen LogP contribution is 2.12. The van der Waals surface area contributed by atoms with E-state index in [2.05, 4.69) is 15.3 Å². The van der Waals surface area contributed by atoms with E-state index in [0.29, 0.717) is 17.2 Å². The first kappa shape index (κ1) is 14.4. The first-order valence-electron chi connectivity index (χ1n) is 5.49. The third kappa shape index (κ3) is 3.12. The van der Waals surface area contributed by atoms with Crippen molar-refractivity contribution in [3.8, 4) is 0 Å². The zero-order valence-corrected chi connectivity index (χ0v) is 11.6. The Bertz CT molecular complexity index is 635.